The number of nitrogens with zero attached hydrogens (tertiary/aromatic N) is 1. The van der Waals surface area contributed by atoms with Crippen molar-refractivity contribution in [2.45, 2.75) is 13.5 Å². The minimum atomic E-state index is 0.632. The second kappa shape index (κ2) is 7.09. The molecule has 0 fully saturated rings. The van der Waals surface area contributed by atoms with E-state index in [1.807, 2.05) is 48.2 Å². The molecule has 3 nitrogen and oxygen atoms in total. The Morgan fingerprint density at radius 2 is 1.76 bits per heavy atom. The highest BCUT2D eigenvalue weighted by molar-refractivity contribution is 7.79. The van der Waals surface area contributed by atoms with Crippen molar-refractivity contribution < 1.29 is 9.47 Å². The van der Waals surface area contributed by atoms with Crippen molar-refractivity contribution in [3.63, 3.8) is 0 Å². The molecule has 2 aromatic rings. The van der Waals surface area contributed by atoms with Gasteiger partial charge in [-0.1, -0.05) is 36.5 Å². The largest absolute Gasteiger partial charge is 0.496 e. The molecule has 4 heteroatoms. The molecule has 0 aliphatic heterocycles. The fourth-order valence-electron chi connectivity index (χ4n) is 2.22. The van der Waals surface area contributed by atoms with E-state index in [-0.39, 0.29) is 0 Å². The maximum atomic E-state index is 5.44. The Labute approximate surface area is 131 Å². The summed E-state index contributed by atoms with van der Waals surface area (Å²) in [6, 6.07) is 14.0. The standard InChI is InChI=1S/C17H19NO2S/c1-13-8-9-17(20-3)15(10-13)18(12-21)11-14-6-4-5-7-16(14)19-2/h4-10,12H,11H2,1-3H3. The smallest absolute Gasteiger partial charge is 0.142 e. The van der Waals surface area contributed by atoms with Gasteiger partial charge in [-0.2, -0.15) is 0 Å². The average Bonchev–Trinajstić information content (AvgIpc) is 2.53. The van der Waals surface area contributed by atoms with Crippen molar-refractivity contribution in [3.05, 3.63) is 53.6 Å². The van der Waals surface area contributed by atoms with E-state index in [9.17, 15) is 0 Å². The zero-order valence-electron chi connectivity index (χ0n) is 12.5. The van der Waals surface area contributed by atoms with Crippen LogP contribution in [-0.4, -0.2) is 19.7 Å². The average molecular weight is 301 g/mol. The minimum Gasteiger partial charge on any atom is -0.496 e. The first kappa shape index (κ1) is 15.3. The van der Waals surface area contributed by atoms with Gasteiger partial charge in [0.15, 0.2) is 0 Å². The van der Waals surface area contributed by atoms with Crippen molar-refractivity contribution >= 4 is 23.4 Å². The van der Waals surface area contributed by atoms with Gasteiger partial charge in [-0.05, 0) is 30.7 Å². The Morgan fingerprint density at radius 3 is 2.43 bits per heavy atom. The molecular formula is C17H19NO2S. The van der Waals surface area contributed by atoms with Crippen molar-refractivity contribution in [3.8, 4) is 11.5 Å². The molecule has 0 saturated carbocycles. The summed E-state index contributed by atoms with van der Waals surface area (Å²) in [5, 5.41) is 0. The van der Waals surface area contributed by atoms with E-state index in [1.54, 1.807) is 19.7 Å². The third kappa shape index (κ3) is 3.52. The van der Waals surface area contributed by atoms with Gasteiger partial charge in [0.05, 0.1) is 31.9 Å². The van der Waals surface area contributed by atoms with Crippen molar-refractivity contribution in [2.24, 2.45) is 0 Å². The Morgan fingerprint density at radius 1 is 1.05 bits per heavy atom. The van der Waals surface area contributed by atoms with Crippen LogP contribution in [0.2, 0.25) is 0 Å². The number of hydrogen-bond acceptors (Lipinski definition) is 3. The first-order valence-corrected chi connectivity index (χ1v) is 7.15. The van der Waals surface area contributed by atoms with Crippen LogP contribution in [0.1, 0.15) is 11.1 Å². The normalized spacial score (nSPS) is 10.0. The van der Waals surface area contributed by atoms with Crippen molar-refractivity contribution in [1.82, 2.24) is 0 Å². The Kier molecular flexibility index (Phi) is 5.17. The Bertz CT molecular complexity index is 628. The molecular weight excluding hydrogens is 282 g/mol. The first-order chi connectivity index (χ1) is 10.2. The van der Waals surface area contributed by atoms with E-state index < -0.39 is 0 Å². The predicted molar refractivity (Wildman–Crippen MR) is 90.6 cm³/mol. The molecule has 0 atom stereocenters. The molecule has 0 heterocycles. The summed E-state index contributed by atoms with van der Waals surface area (Å²) in [5.41, 5.74) is 4.83. The molecule has 2 rings (SSSR count). The first-order valence-electron chi connectivity index (χ1n) is 6.68. The summed E-state index contributed by atoms with van der Waals surface area (Å²) in [6.45, 7) is 2.68. The highest BCUT2D eigenvalue weighted by atomic mass is 32.1. The fraction of sp³-hybridized carbons (Fsp3) is 0.235. The Hall–Kier alpha value is -2.07. The van der Waals surface area contributed by atoms with Gasteiger partial charge in [0.2, 0.25) is 0 Å². The SMILES string of the molecule is COc1ccccc1CN(C=S)c1cc(C)ccc1OC. The van der Waals surface area contributed by atoms with E-state index in [4.69, 9.17) is 21.7 Å². The van der Waals surface area contributed by atoms with Crippen LogP contribution in [-0.2, 0) is 6.54 Å². The second-order valence-electron chi connectivity index (χ2n) is 4.72. The second-order valence-corrected chi connectivity index (χ2v) is 4.93. The third-order valence-corrected chi connectivity index (χ3v) is 3.56. The number of para-hydroxylation sites is 1. The van der Waals surface area contributed by atoms with Gasteiger partial charge in [-0.25, -0.2) is 0 Å². The van der Waals surface area contributed by atoms with Crippen LogP contribution in [0, 0.1) is 6.92 Å². The molecule has 21 heavy (non-hydrogen) atoms. The lowest BCUT2D eigenvalue weighted by Gasteiger charge is -2.23. The predicted octanol–water partition coefficient (Wildman–Crippen LogP) is 3.98. The molecule has 0 aromatic heterocycles. The van der Waals surface area contributed by atoms with Crippen molar-refractivity contribution in [2.75, 3.05) is 19.1 Å². The zero-order valence-corrected chi connectivity index (χ0v) is 13.3. The summed E-state index contributed by atoms with van der Waals surface area (Å²) in [4.78, 5) is 1.99. The van der Waals surface area contributed by atoms with Crippen LogP contribution < -0.4 is 14.4 Å². The molecule has 0 unspecified atom stereocenters. The van der Waals surface area contributed by atoms with Crippen LogP contribution in [0.4, 0.5) is 5.69 Å². The molecule has 0 aliphatic rings. The topological polar surface area (TPSA) is 21.7 Å². The van der Waals surface area contributed by atoms with E-state index in [1.165, 1.54) is 0 Å². The van der Waals surface area contributed by atoms with Gasteiger partial charge in [0.1, 0.15) is 11.5 Å². The molecule has 0 aliphatic carbocycles. The lowest BCUT2D eigenvalue weighted by molar-refractivity contribution is 0.408. The van der Waals surface area contributed by atoms with Gasteiger partial charge in [-0.3, -0.25) is 0 Å². The van der Waals surface area contributed by atoms with E-state index in [2.05, 4.69) is 6.07 Å². The molecule has 0 N–H and O–H groups in total. The number of thiocarbonyl (C=S) groups is 1. The van der Waals surface area contributed by atoms with Gasteiger partial charge >= 0.3 is 0 Å². The number of rotatable bonds is 6. The summed E-state index contributed by atoms with van der Waals surface area (Å²) in [6.07, 6.45) is 0. The summed E-state index contributed by atoms with van der Waals surface area (Å²) in [5.74, 6) is 1.66. The van der Waals surface area contributed by atoms with Crippen LogP contribution in [0.25, 0.3) is 0 Å². The summed E-state index contributed by atoms with van der Waals surface area (Å²) in [7, 11) is 3.34. The number of anilines is 1. The highest BCUT2D eigenvalue weighted by Crippen LogP contribution is 2.31. The highest BCUT2D eigenvalue weighted by Gasteiger charge is 2.13. The summed E-state index contributed by atoms with van der Waals surface area (Å²) < 4.78 is 10.8. The van der Waals surface area contributed by atoms with Crippen LogP contribution in [0.3, 0.4) is 0 Å². The fourth-order valence-corrected chi connectivity index (χ4v) is 2.41. The van der Waals surface area contributed by atoms with Crippen LogP contribution in [0.15, 0.2) is 42.5 Å². The zero-order chi connectivity index (χ0) is 15.2. The molecule has 0 spiro atoms. The Balaban J connectivity index is 2.36. The molecule has 110 valence electrons. The van der Waals surface area contributed by atoms with E-state index in [0.29, 0.717) is 6.54 Å². The monoisotopic (exact) mass is 301 g/mol. The number of aryl methyl sites for hydroxylation is 1. The lowest BCUT2D eigenvalue weighted by Crippen LogP contribution is -2.20. The number of hydrogen-bond donors (Lipinski definition) is 0. The third-order valence-electron chi connectivity index (χ3n) is 3.30. The molecule has 2 aromatic carbocycles. The molecule has 0 amide bonds. The van der Waals surface area contributed by atoms with E-state index >= 15 is 0 Å². The molecule has 0 radical (unpaired) electrons. The van der Waals surface area contributed by atoms with Crippen molar-refractivity contribution in [1.29, 1.82) is 0 Å². The maximum absolute atomic E-state index is 5.44. The van der Waals surface area contributed by atoms with Gasteiger partial charge in [0.25, 0.3) is 0 Å². The minimum absolute atomic E-state index is 0.632. The van der Waals surface area contributed by atoms with Gasteiger partial charge in [0, 0.05) is 5.56 Å². The molecule has 0 bridgehead atoms. The van der Waals surface area contributed by atoms with Gasteiger partial charge in [-0.15, -0.1) is 0 Å². The number of methoxy groups -OCH3 is 2. The van der Waals surface area contributed by atoms with Crippen LogP contribution >= 0.6 is 12.2 Å². The summed E-state index contributed by atoms with van der Waals surface area (Å²) >= 11 is 5.19. The quantitative estimate of drug-likeness (QED) is 0.752. The number of benzene rings is 2. The van der Waals surface area contributed by atoms with Gasteiger partial charge < -0.3 is 14.4 Å². The number of ether oxygens (including phenoxy) is 2. The van der Waals surface area contributed by atoms with E-state index in [0.717, 1.165) is 28.3 Å². The van der Waals surface area contributed by atoms with Crippen LogP contribution in [0.5, 0.6) is 11.5 Å². The maximum Gasteiger partial charge on any atom is 0.142 e. The lowest BCUT2D eigenvalue weighted by atomic mass is 10.1. The molecule has 0 saturated heterocycles.